The van der Waals surface area contributed by atoms with Gasteiger partial charge in [0.15, 0.2) is 0 Å². The highest BCUT2D eigenvalue weighted by molar-refractivity contribution is 5.91. The number of esters is 1. The Morgan fingerprint density at radius 2 is 1.70 bits per heavy atom. The van der Waals surface area contributed by atoms with Gasteiger partial charge in [-0.3, -0.25) is 0 Å². The summed E-state index contributed by atoms with van der Waals surface area (Å²) in [5.74, 6) is -3.63. The van der Waals surface area contributed by atoms with E-state index >= 15 is 0 Å². The first-order valence-corrected chi connectivity index (χ1v) is 7.31. The third-order valence-electron chi connectivity index (χ3n) is 3.07. The predicted molar refractivity (Wildman–Crippen MR) is 89.5 cm³/mol. The molecular formula is C18H15F4NO4. The molecule has 0 aliphatic carbocycles. The van der Waals surface area contributed by atoms with Crippen LogP contribution in [0.25, 0.3) is 6.08 Å². The lowest BCUT2D eigenvalue weighted by molar-refractivity contribution is -0.192. The van der Waals surface area contributed by atoms with Crippen molar-refractivity contribution in [1.82, 2.24) is 0 Å². The van der Waals surface area contributed by atoms with Gasteiger partial charge in [0.05, 0.1) is 5.56 Å². The van der Waals surface area contributed by atoms with Crippen LogP contribution in [0.5, 0.6) is 5.75 Å². The maximum absolute atomic E-state index is 13.5. The number of aliphatic carboxylic acids is 1. The molecule has 144 valence electrons. The molecule has 2 aromatic carbocycles. The van der Waals surface area contributed by atoms with Crippen molar-refractivity contribution in [3.8, 4) is 5.75 Å². The molecule has 0 atom stereocenters. The Morgan fingerprint density at radius 3 is 2.11 bits per heavy atom. The number of nitrogens with two attached hydrogens (primary N) is 1. The van der Waals surface area contributed by atoms with E-state index in [1.54, 1.807) is 24.3 Å². The van der Waals surface area contributed by atoms with E-state index in [0.29, 0.717) is 17.7 Å². The van der Waals surface area contributed by atoms with E-state index in [9.17, 15) is 22.4 Å². The number of carboxylic acids is 1. The molecular weight excluding hydrogens is 370 g/mol. The van der Waals surface area contributed by atoms with Gasteiger partial charge in [0.1, 0.15) is 11.6 Å². The third-order valence-corrected chi connectivity index (χ3v) is 3.07. The molecule has 0 amide bonds. The van der Waals surface area contributed by atoms with E-state index in [-0.39, 0.29) is 5.75 Å². The van der Waals surface area contributed by atoms with Crippen LogP contribution in [0.15, 0.2) is 49.0 Å². The van der Waals surface area contributed by atoms with Crippen molar-refractivity contribution in [1.29, 1.82) is 0 Å². The van der Waals surface area contributed by atoms with Gasteiger partial charge < -0.3 is 15.6 Å². The van der Waals surface area contributed by atoms with E-state index in [2.05, 4.69) is 6.58 Å². The summed E-state index contributed by atoms with van der Waals surface area (Å²) in [6.07, 6.45) is -3.69. The molecule has 0 radical (unpaired) electrons. The highest BCUT2D eigenvalue weighted by Gasteiger charge is 2.38. The van der Waals surface area contributed by atoms with E-state index < -0.39 is 23.9 Å². The summed E-state index contributed by atoms with van der Waals surface area (Å²) in [5, 5.41) is 7.12. The molecule has 3 N–H and O–H groups in total. The number of alkyl halides is 3. The zero-order chi connectivity index (χ0) is 20.6. The standard InChI is InChI=1S/C16H14FNO2.C2HF3O2/c1-2-12-7-8-14(9-15(12)17)20-16(19)13-5-3-11(10-18)4-6-13;3-2(4,5)1(6)7/h2-9H,1,10,18H2;(H,6,7). The molecule has 0 saturated carbocycles. The molecule has 0 unspecified atom stereocenters. The van der Waals surface area contributed by atoms with Gasteiger partial charge in [0.25, 0.3) is 0 Å². The maximum atomic E-state index is 13.5. The van der Waals surface area contributed by atoms with Crippen LogP contribution < -0.4 is 10.5 Å². The second-order valence-electron chi connectivity index (χ2n) is 4.98. The molecule has 9 heteroatoms. The second kappa shape index (κ2) is 9.48. The number of rotatable bonds is 4. The van der Waals surface area contributed by atoms with Crippen molar-refractivity contribution in [2.24, 2.45) is 5.73 Å². The van der Waals surface area contributed by atoms with Gasteiger partial charge in [-0.15, -0.1) is 0 Å². The lowest BCUT2D eigenvalue weighted by Gasteiger charge is -2.06. The van der Waals surface area contributed by atoms with Crippen molar-refractivity contribution >= 4 is 18.0 Å². The summed E-state index contributed by atoms with van der Waals surface area (Å²) >= 11 is 0. The number of carbonyl (C=O) groups excluding carboxylic acids is 1. The normalized spacial score (nSPS) is 10.4. The van der Waals surface area contributed by atoms with Crippen LogP contribution in [-0.2, 0) is 11.3 Å². The fourth-order valence-electron chi connectivity index (χ4n) is 1.68. The first-order valence-electron chi connectivity index (χ1n) is 7.31. The molecule has 5 nitrogen and oxygen atoms in total. The van der Waals surface area contributed by atoms with Gasteiger partial charge in [-0.2, -0.15) is 13.2 Å². The first-order chi connectivity index (χ1) is 12.6. The average Bonchev–Trinajstić information content (AvgIpc) is 2.61. The van der Waals surface area contributed by atoms with Gasteiger partial charge in [0, 0.05) is 18.2 Å². The van der Waals surface area contributed by atoms with Crippen molar-refractivity contribution < 1.29 is 37.0 Å². The van der Waals surface area contributed by atoms with Crippen LogP contribution in [0.3, 0.4) is 0 Å². The van der Waals surface area contributed by atoms with Gasteiger partial charge in [-0.05, 0) is 29.8 Å². The van der Waals surface area contributed by atoms with Crippen LogP contribution >= 0.6 is 0 Å². The average molecular weight is 385 g/mol. The number of halogens is 4. The molecule has 27 heavy (non-hydrogen) atoms. The Kier molecular flexibility index (Phi) is 7.67. The van der Waals surface area contributed by atoms with Crippen molar-refractivity contribution in [2.75, 3.05) is 0 Å². The largest absolute Gasteiger partial charge is 0.490 e. The summed E-state index contributed by atoms with van der Waals surface area (Å²) in [7, 11) is 0. The van der Waals surface area contributed by atoms with Crippen molar-refractivity contribution in [3.05, 3.63) is 71.6 Å². The molecule has 0 heterocycles. The predicted octanol–water partition coefficient (Wildman–Crippen LogP) is 3.78. The molecule has 0 spiro atoms. The van der Waals surface area contributed by atoms with E-state index in [4.69, 9.17) is 20.4 Å². The Morgan fingerprint density at radius 1 is 1.15 bits per heavy atom. The van der Waals surface area contributed by atoms with Crippen LogP contribution in [0, 0.1) is 5.82 Å². The van der Waals surface area contributed by atoms with Crippen molar-refractivity contribution in [3.63, 3.8) is 0 Å². The minimum atomic E-state index is -5.08. The smallest absolute Gasteiger partial charge is 0.475 e. The Hall–Kier alpha value is -3.20. The van der Waals surface area contributed by atoms with Crippen LogP contribution in [0.4, 0.5) is 17.6 Å². The summed E-state index contributed by atoms with van der Waals surface area (Å²) in [5.41, 5.74) is 7.14. The quantitative estimate of drug-likeness (QED) is 0.475. The number of hydrogen-bond acceptors (Lipinski definition) is 4. The lowest BCUT2D eigenvalue weighted by atomic mass is 10.1. The SMILES string of the molecule is C=Cc1ccc(OC(=O)c2ccc(CN)cc2)cc1F.O=C(O)C(F)(F)F. The molecule has 2 aromatic rings. The number of benzene rings is 2. The minimum absolute atomic E-state index is 0.154. The zero-order valence-electron chi connectivity index (χ0n) is 13.8. The van der Waals surface area contributed by atoms with E-state index in [1.165, 1.54) is 18.2 Å². The summed E-state index contributed by atoms with van der Waals surface area (Å²) in [6, 6.07) is 10.9. The number of carbonyl (C=O) groups is 2. The molecule has 2 rings (SSSR count). The fourth-order valence-corrected chi connectivity index (χ4v) is 1.68. The molecule has 0 aliphatic rings. The number of carboxylic acid groups (broad SMARTS) is 1. The minimum Gasteiger partial charge on any atom is -0.475 e. The van der Waals surface area contributed by atoms with Gasteiger partial charge in [0.2, 0.25) is 0 Å². The van der Waals surface area contributed by atoms with E-state index in [0.717, 1.165) is 11.6 Å². The zero-order valence-corrected chi connectivity index (χ0v) is 13.8. The number of ether oxygens (including phenoxy) is 1. The van der Waals surface area contributed by atoms with Crippen molar-refractivity contribution in [2.45, 2.75) is 12.7 Å². The molecule has 0 fully saturated rings. The molecule has 0 aromatic heterocycles. The topological polar surface area (TPSA) is 89.6 Å². The molecule has 0 aliphatic heterocycles. The Bertz CT molecular complexity index is 817. The number of hydrogen-bond donors (Lipinski definition) is 2. The van der Waals surface area contributed by atoms with Gasteiger partial charge in [-0.1, -0.05) is 24.8 Å². The summed E-state index contributed by atoms with van der Waals surface area (Å²) in [6.45, 7) is 3.89. The second-order valence-corrected chi connectivity index (χ2v) is 4.98. The fraction of sp³-hybridized carbons (Fsp3) is 0.111. The van der Waals surface area contributed by atoms with Crippen LogP contribution in [-0.4, -0.2) is 23.2 Å². The Balaban J connectivity index is 0.000000445. The Labute approximate surface area is 151 Å². The monoisotopic (exact) mass is 385 g/mol. The van der Waals surface area contributed by atoms with E-state index in [1.807, 2.05) is 0 Å². The lowest BCUT2D eigenvalue weighted by Crippen LogP contribution is -2.21. The maximum Gasteiger partial charge on any atom is 0.490 e. The molecule has 0 bridgehead atoms. The van der Waals surface area contributed by atoms with Crippen LogP contribution in [0.2, 0.25) is 0 Å². The molecule has 0 saturated heterocycles. The highest BCUT2D eigenvalue weighted by atomic mass is 19.4. The first kappa shape index (κ1) is 21.8. The van der Waals surface area contributed by atoms with Gasteiger partial charge in [-0.25, -0.2) is 14.0 Å². The van der Waals surface area contributed by atoms with Gasteiger partial charge >= 0.3 is 18.1 Å². The highest BCUT2D eigenvalue weighted by Crippen LogP contribution is 2.19. The summed E-state index contributed by atoms with van der Waals surface area (Å²) in [4.78, 5) is 20.8. The van der Waals surface area contributed by atoms with Crippen LogP contribution in [0.1, 0.15) is 21.5 Å². The third kappa shape index (κ3) is 6.90. The summed E-state index contributed by atoms with van der Waals surface area (Å²) < 4.78 is 50.4.